The summed E-state index contributed by atoms with van der Waals surface area (Å²) in [5, 5.41) is 0. The van der Waals surface area contributed by atoms with Gasteiger partial charge in [0.05, 0.1) is 0 Å². The van der Waals surface area contributed by atoms with E-state index < -0.39 is 11.6 Å². The fourth-order valence-corrected chi connectivity index (χ4v) is 0.439. The highest BCUT2D eigenvalue weighted by Crippen LogP contribution is 2.01. The highest BCUT2D eigenvalue weighted by molar-refractivity contribution is 5.75. The summed E-state index contributed by atoms with van der Waals surface area (Å²) >= 11 is 0. The number of rotatable bonds is 0. The molecule has 0 N–H and O–H groups in total. The molecule has 0 spiro atoms. The van der Waals surface area contributed by atoms with Gasteiger partial charge in [0.2, 0.25) is 0 Å². The third kappa shape index (κ3) is 2.28. The fraction of sp³-hybridized carbons (Fsp3) is 0. The summed E-state index contributed by atoms with van der Waals surface area (Å²) in [5.74, 6) is -1.60. The Bertz CT molecular complexity index is 167. The number of hydrogen-bond acceptors (Lipinski definition) is 0. The van der Waals surface area contributed by atoms with Crippen molar-refractivity contribution in [3.8, 4) is 0 Å². The lowest BCUT2D eigenvalue weighted by Crippen LogP contribution is -1.77. The average Bonchev–Trinajstić information content (AvgIpc) is 1.77. The van der Waals surface area contributed by atoms with E-state index in [9.17, 15) is 8.78 Å². The quantitative estimate of drug-likeness (QED) is 0.473. The van der Waals surface area contributed by atoms with Crippen LogP contribution >= 0.6 is 0 Å². The van der Waals surface area contributed by atoms with Gasteiger partial charge in [-0.2, -0.15) is 0 Å². The summed E-state index contributed by atoms with van der Waals surface area (Å²) < 4.78 is 23.9. The topological polar surface area (TPSA) is 0 Å². The number of hydrogen-bond donors (Lipinski definition) is 0. The Kier molecular flexibility index (Phi) is 3.73. The van der Waals surface area contributed by atoms with Gasteiger partial charge in [0.15, 0.2) is 11.6 Å². The minimum absolute atomic E-state index is 0. The monoisotopic (exact) mass is 140 g/mol. The van der Waals surface area contributed by atoms with Crippen LogP contribution in [-0.2, 0) is 0 Å². The lowest BCUT2D eigenvalue weighted by Gasteiger charge is -1.85. The highest BCUT2D eigenvalue weighted by Gasteiger charge is 1.93. The lowest BCUT2D eigenvalue weighted by molar-refractivity contribution is 0.508. The van der Waals surface area contributed by atoms with Gasteiger partial charge in [0.25, 0.3) is 0 Å². The molecule has 0 heterocycles. The molecule has 0 aliphatic rings. The van der Waals surface area contributed by atoms with E-state index in [0.717, 1.165) is 12.1 Å². The van der Waals surface area contributed by atoms with Crippen LogP contribution in [-0.4, -0.2) is 23.1 Å². The molecule has 0 atom stereocenters. The van der Waals surface area contributed by atoms with Crippen molar-refractivity contribution < 1.29 is 8.78 Å². The summed E-state index contributed by atoms with van der Waals surface area (Å²) in [6, 6.07) is 5.04. The fourth-order valence-electron chi connectivity index (χ4n) is 0.439. The Morgan fingerprint density at radius 3 is 1.44 bits per heavy atom. The molecule has 1 aromatic carbocycles. The Morgan fingerprint density at radius 2 is 1.22 bits per heavy atom. The van der Waals surface area contributed by atoms with E-state index in [4.69, 9.17) is 0 Å². The zero-order valence-corrected chi connectivity index (χ0v) is 4.07. The first-order chi connectivity index (χ1) is 3.80. The van der Waals surface area contributed by atoms with Gasteiger partial charge in [-0.15, -0.1) is 0 Å². The number of halogens is 2. The van der Waals surface area contributed by atoms with Crippen molar-refractivity contribution in [3.05, 3.63) is 35.9 Å². The maximum absolute atomic E-state index is 11.9. The molecule has 0 aliphatic carbocycles. The second-order valence-electron chi connectivity index (χ2n) is 1.41. The van der Waals surface area contributed by atoms with Gasteiger partial charge in [0.1, 0.15) is 0 Å². The molecule has 0 aliphatic heterocycles. The second-order valence-corrected chi connectivity index (χ2v) is 1.41. The summed E-state index contributed by atoms with van der Waals surface area (Å²) in [4.78, 5) is 0. The Balaban J connectivity index is 0.000000640. The van der Waals surface area contributed by atoms with Crippen LogP contribution < -0.4 is 0 Å². The molecule has 0 saturated carbocycles. The van der Waals surface area contributed by atoms with Crippen molar-refractivity contribution in [2.24, 2.45) is 0 Å². The standard InChI is InChI=1S/C6H4F2.Mg.2H/c7-5-3-1-2-4-6(5)8;;;/h1-4H;;;. The van der Waals surface area contributed by atoms with Crippen molar-refractivity contribution >= 4 is 23.1 Å². The van der Waals surface area contributed by atoms with Crippen LogP contribution in [0, 0.1) is 11.6 Å². The molecule has 0 amide bonds. The first kappa shape index (κ1) is 8.85. The molecule has 46 valence electrons. The molecule has 1 rings (SSSR count). The van der Waals surface area contributed by atoms with E-state index in [-0.39, 0.29) is 23.1 Å². The van der Waals surface area contributed by atoms with Gasteiger partial charge in [0, 0.05) is 0 Å². The molecule has 9 heavy (non-hydrogen) atoms. The highest BCUT2D eigenvalue weighted by atomic mass is 24.3. The van der Waals surface area contributed by atoms with E-state index in [2.05, 4.69) is 0 Å². The number of benzene rings is 1. The minimum Gasteiger partial charge on any atom is -0.204 e. The van der Waals surface area contributed by atoms with Crippen LogP contribution in [0.2, 0.25) is 0 Å². The smallest absolute Gasteiger partial charge is 0.204 e. The van der Waals surface area contributed by atoms with Crippen molar-refractivity contribution in [1.82, 2.24) is 0 Å². The molecule has 3 heteroatoms. The van der Waals surface area contributed by atoms with E-state index in [1.165, 1.54) is 12.1 Å². The molecular weight excluding hydrogens is 134 g/mol. The summed E-state index contributed by atoms with van der Waals surface area (Å²) in [5.41, 5.74) is 0. The van der Waals surface area contributed by atoms with Gasteiger partial charge in [-0.3, -0.25) is 0 Å². The molecule has 1 aromatic rings. The molecule has 0 saturated heterocycles. The van der Waals surface area contributed by atoms with Crippen molar-refractivity contribution in [2.75, 3.05) is 0 Å². The maximum atomic E-state index is 11.9. The van der Waals surface area contributed by atoms with Crippen LogP contribution in [0.5, 0.6) is 0 Å². The SMILES string of the molecule is Fc1ccccc1F.[MgH2]. The van der Waals surface area contributed by atoms with Crippen LogP contribution in [0.25, 0.3) is 0 Å². The molecule has 0 radical (unpaired) electrons. The minimum atomic E-state index is -0.799. The Morgan fingerprint density at radius 1 is 0.889 bits per heavy atom. The Hall–Kier alpha value is -0.154. The van der Waals surface area contributed by atoms with Gasteiger partial charge in [-0.25, -0.2) is 8.78 Å². The van der Waals surface area contributed by atoms with Crippen LogP contribution in [0.1, 0.15) is 0 Å². The average molecular weight is 140 g/mol. The predicted octanol–water partition coefficient (Wildman–Crippen LogP) is 1.05. The van der Waals surface area contributed by atoms with Crippen LogP contribution in [0.15, 0.2) is 24.3 Å². The Labute approximate surface area is 68.0 Å². The van der Waals surface area contributed by atoms with E-state index in [0.29, 0.717) is 0 Å². The van der Waals surface area contributed by atoms with Crippen molar-refractivity contribution in [3.63, 3.8) is 0 Å². The third-order valence-corrected chi connectivity index (χ3v) is 0.824. The zero-order valence-electron chi connectivity index (χ0n) is 4.07. The molecule has 0 fully saturated rings. The van der Waals surface area contributed by atoms with Crippen molar-refractivity contribution in [2.45, 2.75) is 0 Å². The normalized spacial score (nSPS) is 8.22. The summed E-state index contributed by atoms with van der Waals surface area (Å²) in [7, 11) is 0. The van der Waals surface area contributed by atoms with Crippen LogP contribution in [0.4, 0.5) is 8.78 Å². The first-order valence-corrected chi connectivity index (χ1v) is 2.21. The summed E-state index contributed by atoms with van der Waals surface area (Å²) in [6.07, 6.45) is 0. The molecular formula is C6H6F2Mg. The third-order valence-electron chi connectivity index (χ3n) is 0.824. The second kappa shape index (κ2) is 3.79. The van der Waals surface area contributed by atoms with E-state index in [1.807, 2.05) is 0 Å². The maximum Gasteiger partial charge on any atom is 0.316 e. The van der Waals surface area contributed by atoms with Gasteiger partial charge >= 0.3 is 23.1 Å². The molecule has 0 unspecified atom stereocenters. The van der Waals surface area contributed by atoms with Gasteiger partial charge in [-0.1, -0.05) is 12.1 Å². The molecule has 0 aromatic heterocycles. The zero-order chi connectivity index (χ0) is 5.98. The van der Waals surface area contributed by atoms with E-state index in [1.54, 1.807) is 0 Å². The lowest BCUT2D eigenvalue weighted by atomic mass is 10.3. The van der Waals surface area contributed by atoms with E-state index >= 15 is 0 Å². The van der Waals surface area contributed by atoms with Crippen LogP contribution in [0.3, 0.4) is 0 Å². The molecule has 0 bridgehead atoms. The summed E-state index contributed by atoms with van der Waals surface area (Å²) in [6.45, 7) is 0. The predicted molar refractivity (Wildman–Crippen MR) is 34.9 cm³/mol. The largest absolute Gasteiger partial charge is 0.316 e. The van der Waals surface area contributed by atoms with Crippen molar-refractivity contribution in [1.29, 1.82) is 0 Å². The first-order valence-electron chi connectivity index (χ1n) is 2.21. The molecule has 0 nitrogen and oxygen atoms in total. The van der Waals surface area contributed by atoms with Gasteiger partial charge in [-0.05, 0) is 12.1 Å². The van der Waals surface area contributed by atoms with Gasteiger partial charge < -0.3 is 0 Å².